The molecule has 1 saturated heterocycles. The Balaban J connectivity index is 2.18. The van der Waals surface area contributed by atoms with E-state index in [1.165, 1.54) is 6.42 Å². The summed E-state index contributed by atoms with van der Waals surface area (Å²) < 4.78 is 5.43. The Hall–Kier alpha value is -0.0800. The Morgan fingerprint density at radius 1 is 1.60 bits per heavy atom. The summed E-state index contributed by atoms with van der Waals surface area (Å²) in [4.78, 5) is 0. The molecule has 1 N–H and O–H groups in total. The third-order valence-electron chi connectivity index (χ3n) is 2.08. The molecule has 1 aliphatic rings. The van der Waals surface area contributed by atoms with E-state index in [1.807, 2.05) is 0 Å². The van der Waals surface area contributed by atoms with Crippen LogP contribution in [0.4, 0.5) is 0 Å². The molecule has 2 atom stereocenters. The van der Waals surface area contributed by atoms with Gasteiger partial charge in [0.25, 0.3) is 0 Å². The third-order valence-corrected chi connectivity index (χ3v) is 2.08. The maximum Gasteiger partial charge on any atom is 0.0599 e. The SMILES string of the molecule is CC1CCOC(CCO)C1. The normalized spacial score (nSPS) is 34.2. The first-order chi connectivity index (χ1) is 4.83. The minimum Gasteiger partial charge on any atom is -0.396 e. The highest BCUT2D eigenvalue weighted by atomic mass is 16.5. The molecule has 0 amide bonds. The van der Waals surface area contributed by atoms with E-state index < -0.39 is 0 Å². The summed E-state index contributed by atoms with van der Waals surface area (Å²) in [5.74, 6) is 0.783. The van der Waals surface area contributed by atoms with Crippen molar-refractivity contribution in [2.24, 2.45) is 5.92 Å². The topological polar surface area (TPSA) is 29.5 Å². The van der Waals surface area contributed by atoms with Gasteiger partial charge in [0.1, 0.15) is 0 Å². The van der Waals surface area contributed by atoms with Crippen LogP contribution in [0.5, 0.6) is 0 Å². The molecule has 1 fully saturated rings. The second-order valence-corrected chi connectivity index (χ2v) is 3.13. The minimum absolute atomic E-state index is 0.261. The molecule has 0 aromatic carbocycles. The Labute approximate surface area is 62.2 Å². The van der Waals surface area contributed by atoms with Crippen molar-refractivity contribution in [3.63, 3.8) is 0 Å². The zero-order valence-electron chi connectivity index (χ0n) is 6.55. The van der Waals surface area contributed by atoms with Gasteiger partial charge in [0.05, 0.1) is 6.10 Å². The van der Waals surface area contributed by atoms with Crippen LogP contribution in [0.1, 0.15) is 26.2 Å². The summed E-state index contributed by atoms with van der Waals surface area (Å²) in [5, 5.41) is 8.62. The zero-order chi connectivity index (χ0) is 7.40. The second-order valence-electron chi connectivity index (χ2n) is 3.13. The van der Waals surface area contributed by atoms with Crippen molar-refractivity contribution >= 4 is 0 Å². The fourth-order valence-electron chi connectivity index (χ4n) is 1.42. The molecule has 60 valence electrons. The van der Waals surface area contributed by atoms with E-state index in [1.54, 1.807) is 0 Å². The van der Waals surface area contributed by atoms with Gasteiger partial charge in [-0.05, 0) is 25.2 Å². The van der Waals surface area contributed by atoms with E-state index in [-0.39, 0.29) is 6.61 Å². The predicted octanol–water partition coefficient (Wildman–Crippen LogP) is 1.18. The first-order valence-corrected chi connectivity index (χ1v) is 4.05. The number of aliphatic hydroxyl groups is 1. The lowest BCUT2D eigenvalue weighted by Crippen LogP contribution is -2.24. The predicted molar refractivity (Wildman–Crippen MR) is 39.8 cm³/mol. The van der Waals surface area contributed by atoms with Gasteiger partial charge in [-0.3, -0.25) is 0 Å². The van der Waals surface area contributed by atoms with Crippen LogP contribution < -0.4 is 0 Å². The standard InChI is InChI=1S/C8H16O2/c1-7-3-5-10-8(6-7)2-4-9/h7-9H,2-6H2,1H3. The highest BCUT2D eigenvalue weighted by Gasteiger charge is 2.18. The first-order valence-electron chi connectivity index (χ1n) is 4.05. The van der Waals surface area contributed by atoms with Crippen LogP contribution >= 0.6 is 0 Å². The van der Waals surface area contributed by atoms with E-state index in [0.29, 0.717) is 6.10 Å². The van der Waals surface area contributed by atoms with Crippen molar-refractivity contribution in [3.8, 4) is 0 Å². The molecule has 0 aromatic rings. The van der Waals surface area contributed by atoms with E-state index >= 15 is 0 Å². The minimum atomic E-state index is 0.261. The average molecular weight is 144 g/mol. The van der Waals surface area contributed by atoms with Gasteiger partial charge in [0, 0.05) is 13.2 Å². The van der Waals surface area contributed by atoms with Gasteiger partial charge in [-0.1, -0.05) is 6.92 Å². The van der Waals surface area contributed by atoms with Crippen molar-refractivity contribution in [2.45, 2.75) is 32.3 Å². The van der Waals surface area contributed by atoms with Crippen molar-refractivity contribution in [2.75, 3.05) is 13.2 Å². The largest absolute Gasteiger partial charge is 0.396 e. The molecule has 1 heterocycles. The van der Waals surface area contributed by atoms with Crippen molar-refractivity contribution in [3.05, 3.63) is 0 Å². The van der Waals surface area contributed by atoms with Crippen LogP contribution in [0.15, 0.2) is 0 Å². The average Bonchev–Trinajstić information content (AvgIpc) is 1.88. The van der Waals surface area contributed by atoms with Gasteiger partial charge < -0.3 is 9.84 Å². The summed E-state index contributed by atoms with van der Waals surface area (Å²) in [6, 6.07) is 0. The molecule has 0 aromatic heterocycles. The second kappa shape index (κ2) is 3.94. The lowest BCUT2D eigenvalue weighted by molar-refractivity contribution is -0.0169. The maximum atomic E-state index is 8.62. The van der Waals surface area contributed by atoms with Gasteiger partial charge in [-0.15, -0.1) is 0 Å². The molecule has 0 saturated carbocycles. The van der Waals surface area contributed by atoms with Crippen LogP contribution in [0.2, 0.25) is 0 Å². The number of ether oxygens (including phenoxy) is 1. The fraction of sp³-hybridized carbons (Fsp3) is 1.00. The van der Waals surface area contributed by atoms with Crippen LogP contribution in [0, 0.1) is 5.92 Å². The molecule has 0 spiro atoms. The maximum absolute atomic E-state index is 8.62. The van der Waals surface area contributed by atoms with Gasteiger partial charge in [-0.2, -0.15) is 0 Å². The Bertz CT molecular complexity index is 91.3. The third kappa shape index (κ3) is 2.27. The molecular formula is C8H16O2. The quantitative estimate of drug-likeness (QED) is 0.630. The summed E-state index contributed by atoms with van der Waals surface area (Å²) in [5.41, 5.74) is 0. The van der Waals surface area contributed by atoms with Gasteiger partial charge in [0.2, 0.25) is 0 Å². The smallest absolute Gasteiger partial charge is 0.0599 e. The fourth-order valence-corrected chi connectivity index (χ4v) is 1.42. The molecule has 2 nitrogen and oxygen atoms in total. The van der Waals surface area contributed by atoms with E-state index in [2.05, 4.69) is 6.92 Å². The molecule has 2 unspecified atom stereocenters. The Morgan fingerprint density at radius 3 is 3.00 bits per heavy atom. The van der Waals surface area contributed by atoms with Gasteiger partial charge in [-0.25, -0.2) is 0 Å². The summed E-state index contributed by atoms with van der Waals surface area (Å²) in [6.07, 6.45) is 3.45. The Kier molecular flexibility index (Phi) is 3.16. The van der Waals surface area contributed by atoms with Crippen molar-refractivity contribution < 1.29 is 9.84 Å². The highest BCUT2D eigenvalue weighted by Crippen LogP contribution is 2.20. The number of hydrogen-bond donors (Lipinski definition) is 1. The van der Waals surface area contributed by atoms with Crippen molar-refractivity contribution in [1.29, 1.82) is 0 Å². The molecule has 2 heteroatoms. The zero-order valence-corrected chi connectivity index (χ0v) is 6.55. The van der Waals surface area contributed by atoms with Crippen LogP contribution in [-0.2, 0) is 4.74 Å². The Morgan fingerprint density at radius 2 is 2.40 bits per heavy atom. The van der Waals surface area contributed by atoms with Crippen LogP contribution in [0.25, 0.3) is 0 Å². The summed E-state index contributed by atoms with van der Waals surface area (Å²) in [6.45, 7) is 3.39. The molecule has 1 aliphatic heterocycles. The highest BCUT2D eigenvalue weighted by molar-refractivity contribution is 4.67. The monoisotopic (exact) mass is 144 g/mol. The van der Waals surface area contributed by atoms with Crippen LogP contribution in [-0.4, -0.2) is 24.4 Å². The summed E-state index contributed by atoms with van der Waals surface area (Å²) in [7, 11) is 0. The summed E-state index contributed by atoms with van der Waals surface area (Å²) >= 11 is 0. The van der Waals surface area contributed by atoms with Crippen LogP contribution in [0.3, 0.4) is 0 Å². The number of rotatable bonds is 2. The lowest BCUT2D eigenvalue weighted by atomic mass is 9.96. The van der Waals surface area contributed by atoms with Gasteiger partial charge >= 0.3 is 0 Å². The molecule has 0 radical (unpaired) electrons. The van der Waals surface area contributed by atoms with E-state index in [4.69, 9.17) is 9.84 Å². The number of hydrogen-bond acceptors (Lipinski definition) is 2. The van der Waals surface area contributed by atoms with Crippen molar-refractivity contribution in [1.82, 2.24) is 0 Å². The first kappa shape index (κ1) is 8.02. The molecule has 1 rings (SSSR count). The molecule has 10 heavy (non-hydrogen) atoms. The van der Waals surface area contributed by atoms with E-state index in [9.17, 15) is 0 Å². The van der Waals surface area contributed by atoms with E-state index in [0.717, 1.165) is 25.4 Å². The number of aliphatic hydroxyl groups excluding tert-OH is 1. The molecule has 0 aliphatic carbocycles. The van der Waals surface area contributed by atoms with Gasteiger partial charge in [0.15, 0.2) is 0 Å². The molecule has 0 bridgehead atoms. The lowest BCUT2D eigenvalue weighted by Gasteiger charge is -2.26. The molecular weight excluding hydrogens is 128 g/mol.